The summed E-state index contributed by atoms with van der Waals surface area (Å²) in [6, 6.07) is 0. The summed E-state index contributed by atoms with van der Waals surface area (Å²) in [6.07, 6.45) is 5.18. The van der Waals surface area contributed by atoms with Gasteiger partial charge < -0.3 is 4.90 Å². The molecule has 0 atom stereocenters. The first-order valence-electron chi connectivity index (χ1n) is 5.04. The van der Waals surface area contributed by atoms with Crippen LogP contribution in [0.5, 0.6) is 0 Å². The summed E-state index contributed by atoms with van der Waals surface area (Å²) in [5.41, 5.74) is 0.790. The fourth-order valence-corrected chi connectivity index (χ4v) is 2.36. The van der Waals surface area contributed by atoms with Crippen LogP contribution in [0.2, 0.25) is 0 Å². The molecule has 0 aliphatic carbocycles. The van der Waals surface area contributed by atoms with Crippen molar-refractivity contribution >= 4 is 35.1 Å². The first kappa shape index (κ1) is 10.3. The Labute approximate surface area is 101 Å². The second kappa shape index (κ2) is 3.85. The third kappa shape index (κ3) is 1.89. The summed E-state index contributed by atoms with van der Waals surface area (Å²) in [6.45, 7) is 1.54. The van der Waals surface area contributed by atoms with E-state index in [1.54, 1.807) is 12.3 Å². The Morgan fingerprint density at radius 1 is 1.47 bits per heavy atom. The Balaban J connectivity index is 1.85. The number of imide groups is 1. The Morgan fingerprint density at radius 3 is 3.12 bits per heavy atom. The van der Waals surface area contributed by atoms with E-state index in [-0.39, 0.29) is 11.1 Å². The van der Waals surface area contributed by atoms with Crippen LogP contribution in [0.15, 0.2) is 32.7 Å². The van der Waals surface area contributed by atoms with Gasteiger partial charge in [-0.3, -0.25) is 14.9 Å². The van der Waals surface area contributed by atoms with Crippen molar-refractivity contribution in [2.45, 2.75) is 0 Å². The summed E-state index contributed by atoms with van der Waals surface area (Å²) in [5.74, 6) is 0.349. The van der Waals surface area contributed by atoms with Crippen LogP contribution in [0.4, 0.5) is 4.79 Å². The quantitative estimate of drug-likeness (QED) is 0.685. The van der Waals surface area contributed by atoms with E-state index >= 15 is 0 Å². The number of amides is 2. The van der Waals surface area contributed by atoms with Crippen LogP contribution >= 0.6 is 11.8 Å². The number of allylic oxidation sites excluding steroid dienone is 2. The van der Waals surface area contributed by atoms with E-state index < -0.39 is 0 Å². The van der Waals surface area contributed by atoms with Gasteiger partial charge in [0, 0.05) is 24.5 Å². The molecule has 0 bridgehead atoms. The first-order chi connectivity index (χ1) is 8.22. The number of hydrogen-bond acceptors (Lipinski definition) is 6. The number of rotatable bonds is 1. The van der Waals surface area contributed by atoms with Crippen molar-refractivity contribution in [3.8, 4) is 0 Å². The highest BCUT2D eigenvalue weighted by atomic mass is 32.2. The second-order valence-corrected chi connectivity index (χ2v) is 4.63. The normalized spacial score (nSPS) is 24.9. The van der Waals surface area contributed by atoms with Gasteiger partial charge in [0.2, 0.25) is 5.96 Å². The molecule has 17 heavy (non-hydrogen) atoms. The Bertz CT molecular complexity index is 532. The highest BCUT2D eigenvalue weighted by Gasteiger charge is 2.26. The minimum Gasteiger partial charge on any atom is -0.315 e. The standard InChI is InChI=1S/C10H8N4O2S/c15-8-7(17-10(16)13-8)3-6-4-12-9-11-1-2-14(9)5-6/h3-5H,1-2H2,(H,13,15,16)/b7-3-. The van der Waals surface area contributed by atoms with E-state index in [9.17, 15) is 9.59 Å². The zero-order valence-electron chi connectivity index (χ0n) is 8.71. The molecule has 7 heteroatoms. The zero-order chi connectivity index (χ0) is 11.8. The van der Waals surface area contributed by atoms with Crippen LogP contribution in [0.25, 0.3) is 0 Å². The topological polar surface area (TPSA) is 74.1 Å². The Hall–Kier alpha value is -1.89. The summed E-state index contributed by atoms with van der Waals surface area (Å²) < 4.78 is 0. The van der Waals surface area contributed by atoms with E-state index in [4.69, 9.17) is 0 Å². The van der Waals surface area contributed by atoms with Crippen molar-refractivity contribution in [3.63, 3.8) is 0 Å². The van der Waals surface area contributed by atoms with Crippen LogP contribution in [-0.2, 0) is 4.79 Å². The van der Waals surface area contributed by atoms with Gasteiger partial charge in [0.05, 0.1) is 11.4 Å². The SMILES string of the molecule is O=C1NC(=O)/C(=C/C2=CN3CCN=C3N=C2)S1. The highest BCUT2D eigenvalue weighted by Crippen LogP contribution is 2.25. The summed E-state index contributed by atoms with van der Waals surface area (Å²) >= 11 is 0.903. The van der Waals surface area contributed by atoms with Crippen molar-refractivity contribution in [1.29, 1.82) is 0 Å². The third-order valence-corrected chi connectivity index (χ3v) is 3.24. The molecule has 0 aromatic heterocycles. The molecule has 6 nitrogen and oxygen atoms in total. The Kier molecular flexibility index (Phi) is 2.32. The zero-order valence-corrected chi connectivity index (χ0v) is 9.53. The third-order valence-electron chi connectivity index (χ3n) is 2.42. The molecular weight excluding hydrogens is 240 g/mol. The molecule has 0 radical (unpaired) electrons. The van der Waals surface area contributed by atoms with Crippen molar-refractivity contribution < 1.29 is 9.59 Å². The van der Waals surface area contributed by atoms with Crippen LogP contribution in [0, 0.1) is 0 Å². The molecule has 2 amide bonds. The van der Waals surface area contributed by atoms with Crippen LogP contribution in [0.1, 0.15) is 0 Å². The first-order valence-corrected chi connectivity index (χ1v) is 5.86. The molecule has 3 heterocycles. The minimum atomic E-state index is -0.352. The van der Waals surface area contributed by atoms with Gasteiger partial charge in [-0.25, -0.2) is 9.98 Å². The molecule has 3 aliphatic heterocycles. The van der Waals surface area contributed by atoms with Gasteiger partial charge in [-0.15, -0.1) is 0 Å². The number of nitrogens with one attached hydrogen (secondary N) is 1. The molecule has 0 aromatic rings. The predicted octanol–water partition coefficient (Wildman–Crippen LogP) is 0.493. The number of carbonyl (C=O) groups is 2. The summed E-state index contributed by atoms with van der Waals surface area (Å²) in [7, 11) is 0. The largest absolute Gasteiger partial charge is 0.315 e. The summed E-state index contributed by atoms with van der Waals surface area (Å²) in [4.78, 5) is 33.0. The van der Waals surface area contributed by atoms with Crippen molar-refractivity contribution in [2.75, 3.05) is 13.1 Å². The maximum atomic E-state index is 11.4. The van der Waals surface area contributed by atoms with Gasteiger partial charge in [-0.2, -0.15) is 0 Å². The van der Waals surface area contributed by atoms with Gasteiger partial charge in [-0.05, 0) is 17.8 Å². The highest BCUT2D eigenvalue weighted by molar-refractivity contribution is 8.18. The average molecular weight is 248 g/mol. The molecule has 1 N–H and O–H groups in total. The number of thioether (sulfide) groups is 1. The van der Waals surface area contributed by atoms with Crippen molar-refractivity contribution in [2.24, 2.45) is 9.98 Å². The van der Waals surface area contributed by atoms with Crippen LogP contribution in [0.3, 0.4) is 0 Å². The van der Waals surface area contributed by atoms with Gasteiger partial charge in [0.1, 0.15) is 0 Å². The van der Waals surface area contributed by atoms with Crippen molar-refractivity contribution in [3.05, 3.63) is 22.8 Å². The number of carbonyl (C=O) groups excluding carboxylic acids is 2. The maximum Gasteiger partial charge on any atom is 0.290 e. The van der Waals surface area contributed by atoms with Gasteiger partial charge in [0.25, 0.3) is 11.1 Å². The average Bonchev–Trinajstić information content (AvgIpc) is 2.85. The molecule has 86 valence electrons. The fourth-order valence-electron chi connectivity index (χ4n) is 1.68. The second-order valence-electron chi connectivity index (χ2n) is 3.61. The van der Waals surface area contributed by atoms with E-state index in [0.29, 0.717) is 10.9 Å². The van der Waals surface area contributed by atoms with Crippen molar-refractivity contribution in [1.82, 2.24) is 10.2 Å². The lowest BCUT2D eigenvalue weighted by molar-refractivity contribution is -0.115. The van der Waals surface area contributed by atoms with Gasteiger partial charge in [0.15, 0.2) is 0 Å². The lowest BCUT2D eigenvalue weighted by Crippen LogP contribution is -2.24. The molecule has 0 aromatic carbocycles. The Morgan fingerprint density at radius 2 is 2.35 bits per heavy atom. The molecule has 0 spiro atoms. The molecule has 0 unspecified atom stereocenters. The van der Waals surface area contributed by atoms with E-state index in [1.807, 2.05) is 11.1 Å². The van der Waals surface area contributed by atoms with Gasteiger partial charge in [-0.1, -0.05) is 0 Å². The number of guanidine groups is 1. The predicted molar refractivity (Wildman–Crippen MR) is 64.8 cm³/mol. The number of aliphatic imine (C=N–C) groups is 2. The lowest BCUT2D eigenvalue weighted by Gasteiger charge is -2.16. The fraction of sp³-hybridized carbons (Fsp3) is 0.200. The molecule has 1 fully saturated rings. The monoisotopic (exact) mass is 248 g/mol. The number of nitrogens with zero attached hydrogens (tertiary/aromatic N) is 3. The van der Waals surface area contributed by atoms with E-state index in [2.05, 4.69) is 15.3 Å². The number of fused-ring (bicyclic) bond motifs is 1. The molecule has 0 saturated carbocycles. The van der Waals surface area contributed by atoms with Crippen LogP contribution < -0.4 is 5.32 Å². The smallest absolute Gasteiger partial charge is 0.290 e. The van der Waals surface area contributed by atoms with Gasteiger partial charge >= 0.3 is 0 Å². The maximum absolute atomic E-state index is 11.4. The lowest BCUT2D eigenvalue weighted by atomic mass is 10.2. The van der Waals surface area contributed by atoms with E-state index in [1.165, 1.54) is 0 Å². The molecular formula is C10H8N4O2S. The summed E-state index contributed by atoms with van der Waals surface area (Å²) in [5, 5.41) is 1.88. The minimum absolute atomic E-state index is 0.335. The molecule has 1 saturated heterocycles. The van der Waals surface area contributed by atoms with Crippen LogP contribution in [-0.4, -0.2) is 41.3 Å². The molecule has 3 rings (SSSR count). The molecule has 3 aliphatic rings. The number of hydrogen-bond donors (Lipinski definition) is 1. The van der Waals surface area contributed by atoms with E-state index in [0.717, 1.165) is 30.4 Å².